The summed E-state index contributed by atoms with van der Waals surface area (Å²) in [4.78, 5) is 16.9. The van der Waals surface area contributed by atoms with Crippen molar-refractivity contribution in [3.8, 4) is 0 Å². The first-order chi connectivity index (χ1) is 10.2. The molecule has 1 amide bonds. The van der Waals surface area contributed by atoms with Gasteiger partial charge in [-0.1, -0.05) is 30.3 Å². The summed E-state index contributed by atoms with van der Waals surface area (Å²) < 4.78 is 0. The van der Waals surface area contributed by atoms with Crippen LogP contribution in [0.3, 0.4) is 0 Å². The van der Waals surface area contributed by atoms with Crippen LogP contribution in [0.5, 0.6) is 0 Å². The Morgan fingerprint density at radius 2 is 1.81 bits per heavy atom. The van der Waals surface area contributed by atoms with Crippen LogP contribution in [0.4, 0.5) is 0 Å². The zero-order chi connectivity index (χ0) is 14.7. The summed E-state index contributed by atoms with van der Waals surface area (Å²) >= 11 is 0. The van der Waals surface area contributed by atoms with Crippen LogP contribution in [0, 0.1) is 5.92 Å². The highest BCUT2D eigenvalue weighted by Crippen LogP contribution is 2.31. The maximum absolute atomic E-state index is 12.4. The molecule has 0 spiro atoms. The highest BCUT2D eigenvalue weighted by Gasteiger charge is 2.32. The average molecular weight is 286 g/mol. The zero-order valence-corrected chi connectivity index (χ0v) is 13.0. The number of carbonyl (C=O) groups excluding carboxylic acids is 1. The fourth-order valence-electron chi connectivity index (χ4n) is 3.31. The summed E-state index contributed by atoms with van der Waals surface area (Å²) in [6.45, 7) is 3.12. The molecule has 1 heterocycles. The van der Waals surface area contributed by atoms with Crippen molar-refractivity contribution in [3.05, 3.63) is 35.9 Å². The van der Waals surface area contributed by atoms with Crippen molar-refractivity contribution >= 4 is 5.91 Å². The molecule has 3 rings (SSSR count). The highest BCUT2D eigenvalue weighted by molar-refractivity contribution is 5.76. The molecule has 0 atom stereocenters. The van der Waals surface area contributed by atoms with Crippen molar-refractivity contribution in [2.24, 2.45) is 5.92 Å². The lowest BCUT2D eigenvalue weighted by Gasteiger charge is -2.32. The number of hydrogen-bond donors (Lipinski definition) is 0. The highest BCUT2D eigenvalue weighted by atomic mass is 16.2. The van der Waals surface area contributed by atoms with E-state index in [1.165, 1.54) is 44.3 Å². The smallest absolute Gasteiger partial charge is 0.222 e. The van der Waals surface area contributed by atoms with Crippen LogP contribution in [0.25, 0.3) is 0 Å². The number of benzene rings is 1. The first-order valence-corrected chi connectivity index (χ1v) is 8.24. The molecule has 3 heteroatoms. The molecule has 114 valence electrons. The van der Waals surface area contributed by atoms with Gasteiger partial charge in [0.1, 0.15) is 0 Å². The molecule has 2 aliphatic rings. The molecule has 1 saturated heterocycles. The molecule has 2 fully saturated rings. The number of amides is 1. The van der Waals surface area contributed by atoms with Gasteiger partial charge >= 0.3 is 0 Å². The summed E-state index contributed by atoms with van der Waals surface area (Å²) in [5, 5.41) is 0. The molecule has 1 aliphatic heterocycles. The van der Waals surface area contributed by atoms with E-state index in [0.717, 1.165) is 19.0 Å². The van der Waals surface area contributed by atoms with Crippen LogP contribution < -0.4 is 0 Å². The van der Waals surface area contributed by atoms with Crippen LogP contribution in [0.15, 0.2) is 30.3 Å². The van der Waals surface area contributed by atoms with E-state index < -0.39 is 0 Å². The predicted octanol–water partition coefficient (Wildman–Crippen LogP) is 2.91. The van der Waals surface area contributed by atoms with Crippen LogP contribution in [-0.2, 0) is 11.3 Å². The van der Waals surface area contributed by atoms with Gasteiger partial charge in [-0.15, -0.1) is 0 Å². The Hall–Kier alpha value is -1.35. The predicted molar refractivity (Wildman–Crippen MR) is 84.9 cm³/mol. The molecule has 3 nitrogen and oxygen atoms in total. The maximum atomic E-state index is 12.4. The first-order valence-electron chi connectivity index (χ1n) is 8.24. The van der Waals surface area contributed by atoms with E-state index >= 15 is 0 Å². The van der Waals surface area contributed by atoms with Crippen molar-refractivity contribution in [1.82, 2.24) is 9.80 Å². The number of piperidine rings is 1. The molecular weight excluding hydrogens is 260 g/mol. The number of likely N-dealkylation sites (tertiary alicyclic amines) is 1. The van der Waals surface area contributed by atoms with Crippen LogP contribution in [0.2, 0.25) is 0 Å². The lowest BCUT2D eigenvalue weighted by atomic mass is 9.93. The third-order valence-corrected chi connectivity index (χ3v) is 4.86. The van der Waals surface area contributed by atoms with E-state index in [9.17, 15) is 4.79 Å². The number of hydrogen-bond acceptors (Lipinski definition) is 2. The summed E-state index contributed by atoms with van der Waals surface area (Å²) in [5.74, 6) is 0.884. The third kappa shape index (κ3) is 4.07. The van der Waals surface area contributed by atoms with Crippen molar-refractivity contribution in [3.63, 3.8) is 0 Å². The van der Waals surface area contributed by atoms with E-state index in [1.54, 1.807) is 0 Å². The van der Waals surface area contributed by atoms with Gasteiger partial charge in [0.15, 0.2) is 0 Å². The van der Waals surface area contributed by atoms with Gasteiger partial charge in [-0.3, -0.25) is 4.79 Å². The van der Waals surface area contributed by atoms with Crippen molar-refractivity contribution in [2.75, 3.05) is 20.1 Å². The second kappa shape index (κ2) is 6.61. The molecule has 0 N–H and O–H groups in total. The van der Waals surface area contributed by atoms with Gasteiger partial charge in [0.2, 0.25) is 5.91 Å². The number of rotatable bonds is 5. The van der Waals surface area contributed by atoms with E-state index in [4.69, 9.17) is 0 Å². The molecule has 1 aromatic rings. The summed E-state index contributed by atoms with van der Waals surface area (Å²) in [7, 11) is 1.93. The fourth-order valence-corrected chi connectivity index (χ4v) is 3.31. The van der Waals surface area contributed by atoms with Crippen LogP contribution >= 0.6 is 0 Å². The minimum absolute atomic E-state index is 0.295. The molecule has 21 heavy (non-hydrogen) atoms. The second-order valence-corrected chi connectivity index (χ2v) is 6.65. The van der Waals surface area contributed by atoms with Crippen molar-refractivity contribution < 1.29 is 4.79 Å². The summed E-state index contributed by atoms with van der Waals surface area (Å²) in [6, 6.07) is 11.1. The van der Waals surface area contributed by atoms with Gasteiger partial charge in [-0.2, -0.15) is 0 Å². The van der Waals surface area contributed by atoms with E-state index in [2.05, 4.69) is 17.0 Å². The van der Waals surface area contributed by atoms with E-state index in [0.29, 0.717) is 11.8 Å². The lowest BCUT2D eigenvalue weighted by Crippen LogP contribution is -2.37. The molecule has 1 saturated carbocycles. The van der Waals surface area contributed by atoms with Crippen molar-refractivity contribution in [1.29, 1.82) is 0 Å². The normalized spacial score (nSPS) is 20.4. The lowest BCUT2D eigenvalue weighted by molar-refractivity contribution is -0.131. The standard InChI is InChI=1S/C18H26N2O/c1-19(14-16-5-3-2-4-6-16)18(21)13-15-9-11-20(12-10-15)17-7-8-17/h2-6,15,17H,7-14H2,1H3. The van der Waals surface area contributed by atoms with Crippen molar-refractivity contribution in [2.45, 2.75) is 44.7 Å². The zero-order valence-electron chi connectivity index (χ0n) is 13.0. The Bertz CT molecular complexity index is 461. The molecule has 1 aliphatic carbocycles. The quantitative estimate of drug-likeness (QED) is 0.831. The largest absolute Gasteiger partial charge is 0.341 e. The van der Waals surface area contributed by atoms with Crippen LogP contribution in [-0.4, -0.2) is 41.9 Å². The topological polar surface area (TPSA) is 23.6 Å². The Kier molecular flexibility index (Phi) is 4.59. The van der Waals surface area contributed by atoms with Gasteiger partial charge < -0.3 is 9.80 Å². The summed E-state index contributed by atoms with van der Waals surface area (Å²) in [6.07, 6.45) is 5.90. The second-order valence-electron chi connectivity index (χ2n) is 6.65. The number of carbonyl (C=O) groups is 1. The average Bonchev–Trinajstić information content (AvgIpc) is 3.34. The minimum atomic E-state index is 0.295. The SMILES string of the molecule is CN(Cc1ccccc1)C(=O)CC1CCN(C2CC2)CC1. The Balaban J connectivity index is 1.43. The molecular formula is C18H26N2O. The van der Waals surface area contributed by atoms with Gasteiger partial charge in [-0.25, -0.2) is 0 Å². The van der Waals surface area contributed by atoms with Gasteiger partial charge in [0.05, 0.1) is 0 Å². The Labute approximate surface area is 127 Å². The van der Waals surface area contributed by atoms with E-state index in [-0.39, 0.29) is 0 Å². The minimum Gasteiger partial charge on any atom is -0.341 e. The number of nitrogens with zero attached hydrogens (tertiary/aromatic N) is 2. The molecule has 1 aromatic carbocycles. The van der Waals surface area contributed by atoms with Crippen LogP contribution in [0.1, 0.15) is 37.7 Å². The third-order valence-electron chi connectivity index (χ3n) is 4.86. The maximum Gasteiger partial charge on any atom is 0.222 e. The van der Waals surface area contributed by atoms with E-state index in [1.807, 2.05) is 30.1 Å². The monoisotopic (exact) mass is 286 g/mol. The fraction of sp³-hybridized carbons (Fsp3) is 0.611. The van der Waals surface area contributed by atoms with Gasteiger partial charge in [0.25, 0.3) is 0 Å². The molecule has 0 bridgehead atoms. The Morgan fingerprint density at radius 3 is 2.43 bits per heavy atom. The molecule has 0 radical (unpaired) electrons. The Morgan fingerprint density at radius 1 is 1.14 bits per heavy atom. The van der Waals surface area contributed by atoms with Gasteiger partial charge in [0, 0.05) is 26.1 Å². The molecule has 0 aromatic heterocycles. The van der Waals surface area contributed by atoms with Gasteiger partial charge in [-0.05, 0) is 50.3 Å². The summed E-state index contributed by atoms with van der Waals surface area (Å²) in [5.41, 5.74) is 1.21. The molecule has 0 unspecified atom stereocenters. The first kappa shape index (κ1) is 14.6.